The average Bonchev–Trinajstić information content (AvgIpc) is 2.33. The Morgan fingerprint density at radius 3 is 2.25 bits per heavy atom. The van der Waals surface area contributed by atoms with E-state index >= 15 is 0 Å². The summed E-state index contributed by atoms with van der Waals surface area (Å²) < 4.78 is 4.68. The lowest BCUT2D eigenvalue weighted by molar-refractivity contribution is -0.145. The van der Waals surface area contributed by atoms with Crippen LogP contribution in [0.1, 0.15) is 40.5 Å². The number of hydrogen-bond donors (Lipinski definition) is 2. The smallest absolute Gasteiger partial charge is 0.309 e. The second-order valence-electron chi connectivity index (χ2n) is 4.41. The molecular formula is C12H25NO3. The summed E-state index contributed by atoms with van der Waals surface area (Å²) in [6.45, 7) is 8.16. The monoisotopic (exact) mass is 231 g/mol. The molecule has 0 aromatic rings. The van der Waals surface area contributed by atoms with Gasteiger partial charge in [-0.1, -0.05) is 20.8 Å². The summed E-state index contributed by atoms with van der Waals surface area (Å²) in [4.78, 5) is 11.3. The highest BCUT2D eigenvalue weighted by Gasteiger charge is 2.26. The zero-order chi connectivity index (χ0) is 12.8. The number of aliphatic hydroxyl groups is 1. The van der Waals surface area contributed by atoms with Crippen molar-refractivity contribution in [2.45, 2.75) is 52.2 Å². The number of carbonyl (C=O) groups is 1. The highest BCUT2D eigenvalue weighted by Crippen LogP contribution is 2.14. The Hall–Kier alpha value is -0.610. The number of nitrogens with one attached hydrogen (secondary N) is 1. The van der Waals surface area contributed by atoms with Crippen molar-refractivity contribution in [2.75, 3.05) is 13.7 Å². The fourth-order valence-corrected chi connectivity index (χ4v) is 1.42. The Morgan fingerprint density at radius 1 is 1.38 bits per heavy atom. The minimum Gasteiger partial charge on any atom is -0.469 e. The van der Waals surface area contributed by atoms with Gasteiger partial charge in [0.1, 0.15) is 0 Å². The van der Waals surface area contributed by atoms with Gasteiger partial charge in [-0.2, -0.15) is 0 Å². The van der Waals surface area contributed by atoms with Crippen LogP contribution in [0.2, 0.25) is 0 Å². The van der Waals surface area contributed by atoms with Gasteiger partial charge in [0.05, 0.1) is 18.6 Å². The maximum atomic E-state index is 11.3. The van der Waals surface area contributed by atoms with Gasteiger partial charge in [-0.15, -0.1) is 0 Å². The first-order valence-electron chi connectivity index (χ1n) is 5.93. The van der Waals surface area contributed by atoms with Gasteiger partial charge in [-0.05, 0) is 19.8 Å². The molecule has 0 spiro atoms. The minimum atomic E-state index is -0.676. The Balaban J connectivity index is 4.15. The summed E-state index contributed by atoms with van der Waals surface area (Å²) in [6, 6.07) is -0.00271. The maximum Gasteiger partial charge on any atom is 0.309 e. The molecule has 96 valence electrons. The first-order chi connectivity index (χ1) is 7.40. The highest BCUT2D eigenvalue weighted by atomic mass is 16.5. The molecule has 0 aromatic carbocycles. The summed E-state index contributed by atoms with van der Waals surface area (Å²) in [5.41, 5.74) is -0.676. The van der Waals surface area contributed by atoms with Crippen LogP contribution >= 0.6 is 0 Å². The summed E-state index contributed by atoms with van der Waals surface area (Å²) in [5.74, 6) is -0.431. The van der Waals surface area contributed by atoms with Crippen LogP contribution in [0.4, 0.5) is 0 Å². The predicted octanol–water partition coefficient (Wildman–Crippen LogP) is 1.32. The summed E-state index contributed by atoms with van der Waals surface area (Å²) >= 11 is 0. The van der Waals surface area contributed by atoms with Crippen molar-refractivity contribution in [2.24, 2.45) is 5.92 Å². The number of rotatable bonds is 7. The Kier molecular flexibility index (Phi) is 6.60. The van der Waals surface area contributed by atoms with Crippen molar-refractivity contribution < 1.29 is 14.6 Å². The largest absolute Gasteiger partial charge is 0.469 e. The van der Waals surface area contributed by atoms with Crippen molar-refractivity contribution in [1.29, 1.82) is 0 Å². The topological polar surface area (TPSA) is 58.6 Å². The number of carbonyl (C=O) groups excluding carboxylic acids is 1. The Morgan fingerprint density at radius 2 is 1.88 bits per heavy atom. The molecule has 0 rings (SSSR count). The van der Waals surface area contributed by atoms with E-state index in [1.165, 1.54) is 7.11 Å². The lowest BCUT2D eigenvalue weighted by atomic mass is 9.96. The molecule has 2 N–H and O–H groups in total. The number of methoxy groups -OCH3 is 1. The molecule has 2 unspecified atom stereocenters. The van der Waals surface area contributed by atoms with Crippen molar-refractivity contribution >= 4 is 5.97 Å². The third-order valence-electron chi connectivity index (χ3n) is 3.39. The van der Waals surface area contributed by atoms with E-state index in [-0.39, 0.29) is 17.9 Å². The Labute approximate surface area is 98.4 Å². The molecule has 0 saturated carbocycles. The zero-order valence-corrected chi connectivity index (χ0v) is 11.0. The second kappa shape index (κ2) is 6.86. The number of ether oxygens (including phenoxy) is 1. The van der Waals surface area contributed by atoms with Crippen LogP contribution in [0.25, 0.3) is 0 Å². The van der Waals surface area contributed by atoms with Crippen LogP contribution in [0.3, 0.4) is 0 Å². The molecule has 0 fully saturated rings. The van der Waals surface area contributed by atoms with E-state index in [2.05, 4.69) is 10.1 Å². The molecule has 4 heteroatoms. The molecule has 4 nitrogen and oxygen atoms in total. The van der Waals surface area contributed by atoms with E-state index < -0.39 is 5.60 Å². The lowest BCUT2D eigenvalue weighted by Crippen LogP contribution is -2.46. The van der Waals surface area contributed by atoms with E-state index in [9.17, 15) is 9.90 Å². The van der Waals surface area contributed by atoms with Crippen molar-refractivity contribution in [3.8, 4) is 0 Å². The van der Waals surface area contributed by atoms with E-state index in [4.69, 9.17) is 0 Å². The van der Waals surface area contributed by atoms with E-state index in [0.29, 0.717) is 19.4 Å². The average molecular weight is 231 g/mol. The normalized spacial score (nSPS) is 15.6. The molecular weight excluding hydrogens is 206 g/mol. The predicted molar refractivity (Wildman–Crippen MR) is 64.2 cm³/mol. The standard InChI is InChI=1S/C12H25NO3/c1-6-12(15,7-2)8-13-10(4)9(3)11(14)16-5/h9-10,13,15H,6-8H2,1-5H3. The van der Waals surface area contributed by atoms with Gasteiger partial charge in [0.25, 0.3) is 0 Å². The van der Waals surface area contributed by atoms with Gasteiger partial charge in [0, 0.05) is 12.6 Å². The first kappa shape index (κ1) is 15.4. The molecule has 16 heavy (non-hydrogen) atoms. The lowest BCUT2D eigenvalue weighted by Gasteiger charge is -2.29. The van der Waals surface area contributed by atoms with E-state index in [1.54, 1.807) is 0 Å². The highest BCUT2D eigenvalue weighted by molar-refractivity contribution is 5.72. The van der Waals surface area contributed by atoms with Crippen LogP contribution in [0.15, 0.2) is 0 Å². The third kappa shape index (κ3) is 4.49. The maximum absolute atomic E-state index is 11.3. The number of esters is 1. The molecule has 2 atom stereocenters. The molecule has 0 saturated heterocycles. The van der Waals surface area contributed by atoms with Gasteiger partial charge in [-0.25, -0.2) is 0 Å². The molecule has 0 aliphatic rings. The molecule has 0 aliphatic heterocycles. The number of hydrogen-bond acceptors (Lipinski definition) is 4. The SMILES string of the molecule is CCC(O)(CC)CNC(C)C(C)C(=O)OC. The second-order valence-corrected chi connectivity index (χ2v) is 4.41. The first-order valence-corrected chi connectivity index (χ1v) is 5.93. The van der Waals surface area contributed by atoms with Crippen LogP contribution in [-0.2, 0) is 9.53 Å². The molecule has 0 aromatic heterocycles. The van der Waals surface area contributed by atoms with Crippen LogP contribution < -0.4 is 5.32 Å². The fourth-order valence-electron chi connectivity index (χ4n) is 1.42. The van der Waals surface area contributed by atoms with Crippen LogP contribution in [0.5, 0.6) is 0 Å². The Bertz CT molecular complexity index is 214. The minimum absolute atomic E-state index is 0.00271. The van der Waals surface area contributed by atoms with Gasteiger partial charge in [0.15, 0.2) is 0 Å². The quantitative estimate of drug-likeness (QED) is 0.649. The molecule has 0 heterocycles. The summed E-state index contributed by atoms with van der Waals surface area (Å²) in [7, 11) is 1.39. The fraction of sp³-hybridized carbons (Fsp3) is 0.917. The molecule has 0 bridgehead atoms. The van der Waals surface area contributed by atoms with Gasteiger partial charge in [-0.3, -0.25) is 4.79 Å². The van der Waals surface area contributed by atoms with Crippen molar-refractivity contribution in [1.82, 2.24) is 5.32 Å². The van der Waals surface area contributed by atoms with Gasteiger partial charge >= 0.3 is 5.97 Å². The van der Waals surface area contributed by atoms with Gasteiger partial charge < -0.3 is 15.2 Å². The molecule has 0 aliphatic carbocycles. The molecule has 0 radical (unpaired) electrons. The van der Waals surface area contributed by atoms with E-state index in [0.717, 1.165) is 0 Å². The summed E-state index contributed by atoms with van der Waals surface area (Å²) in [5, 5.41) is 13.3. The third-order valence-corrected chi connectivity index (χ3v) is 3.39. The zero-order valence-electron chi connectivity index (χ0n) is 11.0. The van der Waals surface area contributed by atoms with Crippen molar-refractivity contribution in [3.05, 3.63) is 0 Å². The molecule has 0 amide bonds. The summed E-state index contributed by atoms with van der Waals surface area (Å²) in [6.07, 6.45) is 1.41. The van der Waals surface area contributed by atoms with Crippen molar-refractivity contribution in [3.63, 3.8) is 0 Å². The van der Waals surface area contributed by atoms with E-state index in [1.807, 2.05) is 27.7 Å². The van der Waals surface area contributed by atoms with Crippen LogP contribution in [0, 0.1) is 5.92 Å². The van der Waals surface area contributed by atoms with Gasteiger partial charge in [0.2, 0.25) is 0 Å². The van der Waals surface area contributed by atoms with Crippen LogP contribution in [-0.4, -0.2) is 36.4 Å².